The SMILES string of the molecule is N=C(N)N1CCC[C@@H](CNC(=O)C[C@H](NS(=O)(=O)c2ccc3ccccc3c2)C(=O)N(CCNC(=O)CCl)C2CC2)C1. The van der Waals surface area contributed by atoms with E-state index in [4.69, 9.17) is 22.7 Å². The number of sulfonamides is 1. The lowest BCUT2D eigenvalue weighted by Crippen LogP contribution is -2.53. The average Bonchev–Trinajstić information content (AvgIpc) is 3.82. The molecule has 2 atom stereocenters. The van der Waals surface area contributed by atoms with Crippen molar-refractivity contribution in [1.82, 2.24) is 25.2 Å². The average molecular weight is 620 g/mol. The highest BCUT2D eigenvalue weighted by molar-refractivity contribution is 7.89. The zero-order valence-corrected chi connectivity index (χ0v) is 24.9. The van der Waals surface area contributed by atoms with Crippen LogP contribution in [0.2, 0.25) is 0 Å². The minimum absolute atomic E-state index is 0.0119. The molecular weight excluding hydrogens is 582 g/mol. The number of nitrogens with one attached hydrogen (secondary N) is 4. The Kier molecular flexibility index (Phi) is 10.6. The lowest BCUT2D eigenvalue weighted by atomic mass is 9.98. The van der Waals surface area contributed by atoms with Crippen LogP contribution >= 0.6 is 11.6 Å². The van der Waals surface area contributed by atoms with Crippen LogP contribution in [0.1, 0.15) is 32.1 Å². The first-order valence-corrected chi connectivity index (χ1v) is 16.1. The highest BCUT2D eigenvalue weighted by Gasteiger charge is 2.38. The summed E-state index contributed by atoms with van der Waals surface area (Å²) in [6.45, 7) is 1.85. The smallest absolute Gasteiger partial charge is 0.241 e. The van der Waals surface area contributed by atoms with Gasteiger partial charge in [0.2, 0.25) is 27.7 Å². The van der Waals surface area contributed by atoms with Crippen molar-refractivity contribution >= 4 is 56.1 Å². The monoisotopic (exact) mass is 619 g/mol. The summed E-state index contributed by atoms with van der Waals surface area (Å²) in [7, 11) is -4.18. The van der Waals surface area contributed by atoms with E-state index in [-0.39, 0.29) is 47.7 Å². The highest BCUT2D eigenvalue weighted by atomic mass is 35.5. The van der Waals surface area contributed by atoms with Gasteiger partial charge in [0, 0.05) is 38.8 Å². The second-order valence-corrected chi connectivity index (χ2v) is 12.8. The number of hydrogen-bond donors (Lipinski definition) is 5. The molecule has 0 unspecified atom stereocenters. The van der Waals surface area contributed by atoms with E-state index >= 15 is 0 Å². The Morgan fingerprint density at radius 2 is 1.81 bits per heavy atom. The number of alkyl halides is 1. The van der Waals surface area contributed by atoms with Gasteiger partial charge in [-0.15, -0.1) is 11.6 Å². The number of likely N-dealkylation sites (tertiary alicyclic amines) is 1. The summed E-state index contributed by atoms with van der Waals surface area (Å²) in [5, 5.41) is 14.7. The Bertz CT molecular complexity index is 1420. The van der Waals surface area contributed by atoms with Gasteiger partial charge in [-0.25, -0.2) is 8.42 Å². The molecule has 2 aromatic rings. The van der Waals surface area contributed by atoms with Gasteiger partial charge in [0.05, 0.1) is 11.3 Å². The van der Waals surface area contributed by atoms with Crippen molar-refractivity contribution in [3.05, 3.63) is 42.5 Å². The number of piperidine rings is 1. The number of guanidine groups is 1. The van der Waals surface area contributed by atoms with Crippen molar-refractivity contribution in [2.45, 2.75) is 49.1 Å². The van der Waals surface area contributed by atoms with Crippen molar-refractivity contribution < 1.29 is 22.8 Å². The molecule has 0 spiro atoms. The largest absolute Gasteiger partial charge is 0.370 e. The fourth-order valence-corrected chi connectivity index (χ4v) is 6.48. The Labute approximate surface area is 250 Å². The van der Waals surface area contributed by atoms with Crippen molar-refractivity contribution in [3.63, 3.8) is 0 Å². The summed E-state index contributed by atoms with van der Waals surface area (Å²) in [6, 6.07) is 10.6. The van der Waals surface area contributed by atoms with Crippen molar-refractivity contribution in [1.29, 1.82) is 5.41 Å². The number of nitrogens with two attached hydrogens (primary N) is 1. The maximum atomic E-state index is 13.8. The fraction of sp³-hybridized carbons (Fsp3) is 0.500. The fourth-order valence-electron chi connectivity index (χ4n) is 5.16. The lowest BCUT2D eigenvalue weighted by Gasteiger charge is -2.33. The summed E-state index contributed by atoms with van der Waals surface area (Å²) in [5.74, 6) is -1.53. The zero-order chi connectivity index (χ0) is 30.3. The van der Waals surface area contributed by atoms with E-state index in [1.807, 2.05) is 12.1 Å². The molecule has 42 heavy (non-hydrogen) atoms. The van der Waals surface area contributed by atoms with E-state index in [1.54, 1.807) is 23.1 Å². The molecule has 1 aliphatic heterocycles. The van der Waals surface area contributed by atoms with Gasteiger partial charge in [0.1, 0.15) is 11.9 Å². The number of halogens is 1. The number of rotatable bonds is 13. The molecule has 1 heterocycles. The topological polar surface area (TPSA) is 178 Å². The molecule has 6 N–H and O–H groups in total. The number of hydrogen-bond acceptors (Lipinski definition) is 6. The summed E-state index contributed by atoms with van der Waals surface area (Å²) in [4.78, 5) is 41.8. The number of carbonyl (C=O) groups excluding carboxylic acids is 3. The van der Waals surface area contributed by atoms with E-state index in [9.17, 15) is 22.8 Å². The van der Waals surface area contributed by atoms with Crippen LogP contribution in [-0.4, -0.2) is 92.6 Å². The van der Waals surface area contributed by atoms with E-state index in [0.29, 0.717) is 19.6 Å². The van der Waals surface area contributed by atoms with Crippen LogP contribution in [0.15, 0.2) is 47.4 Å². The van der Waals surface area contributed by atoms with Crippen LogP contribution in [-0.2, 0) is 24.4 Å². The normalized spacial score (nSPS) is 17.8. The third-order valence-electron chi connectivity index (χ3n) is 7.53. The van der Waals surface area contributed by atoms with Gasteiger partial charge >= 0.3 is 0 Å². The highest BCUT2D eigenvalue weighted by Crippen LogP contribution is 2.28. The number of carbonyl (C=O) groups is 3. The van der Waals surface area contributed by atoms with Crippen LogP contribution < -0.4 is 21.1 Å². The molecule has 12 nitrogen and oxygen atoms in total. The summed E-state index contributed by atoms with van der Waals surface area (Å²) >= 11 is 5.56. The van der Waals surface area contributed by atoms with Crippen LogP contribution in [0.3, 0.4) is 0 Å². The van der Waals surface area contributed by atoms with Gasteiger partial charge < -0.3 is 26.2 Å². The molecule has 2 fully saturated rings. The number of nitrogens with zero attached hydrogens (tertiary/aromatic N) is 2. The van der Waals surface area contributed by atoms with Crippen LogP contribution in [0, 0.1) is 11.3 Å². The Balaban J connectivity index is 1.49. The summed E-state index contributed by atoms with van der Waals surface area (Å²) in [5.41, 5.74) is 5.62. The third-order valence-corrected chi connectivity index (χ3v) is 9.24. The van der Waals surface area contributed by atoms with Gasteiger partial charge in [-0.05, 0) is 54.5 Å². The number of amides is 3. The van der Waals surface area contributed by atoms with Crippen molar-refractivity contribution in [2.24, 2.45) is 11.7 Å². The maximum Gasteiger partial charge on any atom is 0.241 e. The molecule has 0 aromatic heterocycles. The Morgan fingerprint density at radius 3 is 2.50 bits per heavy atom. The molecular formula is C28H38ClN7O5S. The minimum Gasteiger partial charge on any atom is -0.370 e. The quantitative estimate of drug-likeness (QED) is 0.126. The molecule has 1 saturated heterocycles. The van der Waals surface area contributed by atoms with E-state index < -0.39 is 34.3 Å². The molecule has 3 amide bonds. The van der Waals surface area contributed by atoms with Gasteiger partial charge in [-0.3, -0.25) is 19.8 Å². The van der Waals surface area contributed by atoms with Crippen LogP contribution in [0.5, 0.6) is 0 Å². The van der Waals surface area contributed by atoms with Crippen LogP contribution in [0.25, 0.3) is 10.8 Å². The zero-order valence-electron chi connectivity index (χ0n) is 23.4. The first kappa shape index (κ1) is 31.5. The van der Waals surface area contributed by atoms with Crippen molar-refractivity contribution in [2.75, 3.05) is 38.6 Å². The lowest BCUT2D eigenvalue weighted by molar-refractivity contribution is -0.136. The molecule has 14 heteroatoms. The Hall–Kier alpha value is -3.42. The standard InChI is InChI=1S/C28H38ClN7O5S/c29-16-26(38)32-11-13-36(22-8-9-22)27(39)24(15-25(37)33-17-19-4-3-12-35(18-19)28(30)31)34-42(40,41)23-10-7-20-5-1-2-6-21(20)14-23/h1-2,5-7,10,14,19,22,24,34H,3-4,8-9,11-13,15-18H2,(H3,30,31)(H,32,38)(H,33,37)/t19-,24-/m0/s1. The molecule has 2 aliphatic rings. The second-order valence-electron chi connectivity index (χ2n) is 10.8. The van der Waals surface area contributed by atoms with E-state index in [2.05, 4.69) is 15.4 Å². The predicted octanol–water partition coefficient (Wildman–Crippen LogP) is 0.944. The molecule has 1 saturated carbocycles. The van der Waals surface area contributed by atoms with Gasteiger partial charge in [0.15, 0.2) is 5.96 Å². The number of benzene rings is 2. The minimum atomic E-state index is -4.18. The second kappa shape index (κ2) is 14.2. The van der Waals surface area contributed by atoms with Gasteiger partial charge in [-0.2, -0.15) is 4.72 Å². The summed E-state index contributed by atoms with van der Waals surface area (Å²) in [6.07, 6.45) is 2.79. The summed E-state index contributed by atoms with van der Waals surface area (Å²) < 4.78 is 29.5. The first-order valence-electron chi connectivity index (χ1n) is 14.1. The number of fused-ring (bicyclic) bond motifs is 1. The molecule has 2 aromatic carbocycles. The molecule has 0 radical (unpaired) electrons. The third kappa shape index (κ3) is 8.55. The predicted molar refractivity (Wildman–Crippen MR) is 160 cm³/mol. The first-order chi connectivity index (χ1) is 20.1. The Morgan fingerprint density at radius 1 is 1.07 bits per heavy atom. The maximum absolute atomic E-state index is 13.8. The van der Waals surface area contributed by atoms with Gasteiger partial charge in [0.25, 0.3) is 0 Å². The van der Waals surface area contributed by atoms with Crippen molar-refractivity contribution in [3.8, 4) is 0 Å². The van der Waals surface area contributed by atoms with Gasteiger partial charge in [-0.1, -0.05) is 30.3 Å². The van der Waals surface area contributed by atoms with E-state index in [0.717, 1.165) is 36.5 Å². The van der Waals surface area contributed by atoms with E-state index in [1.165, 1.54) is 17.0 Å². The van der Waals surface area contributed by atoms with Crippen LogP contribution in [0.4, 0.5) is 0 Å². The molecule has 4 rings (SSSR count). The molecule has 0 bridgehead atoms. The molecule has 1 aliphatic carbocycles. The molecule has 228 valence electrons.